The van der Waals surface area contributed by atoms with Crippen LogP contribution in [0.25, 0.3) is 0 Å². The minimum atomic E-state index is 0.114. The first-order valence-electron chi connectivity index (χ1n) is 7.58. The fourth-order valence-corrected chi connectivity index (χ4v) is 2.90. The van der Waals surface area contributed by atoms with Crippen LogP contribution in [0.3, 0.4) is 0 Å². The van der Waals surface area contributed by atoms with E-state index in [0.717, 1.165) is 31.8 Å². The largest absolute Gasteiger partial charge is 0.373 e. The highest BCUT2D eigenvalue weighted by atomic mass is 16.5. The van der Waals surface area contributed by atoms with E-state index in [4.69, 9.17) is 4.74 Å². The van der Waals surface area contributed by atoms with Gasteiger partial charge in [0.15, 0.2) is 0 Å². The Morgan fingerprint density at radius 3 is 2.86 bits per heavy atom. The number of fused-ring (bicyclic) bond motifs is 1. The Bertz CT molecular complexity index is 573. The summed E-state index contributed by atoms with van der Waals surface area (Å²) in [6.07, 6.45) is 5.56. The number of ether oxygens (including phenoxy) is 1. The summed E-state index contributed by atoms with van der Waals surface area (Å²) in [5, 5.41) is 3.47. The van der Waals surface area contributed by atoms with E-state index in [9.17, 15) is 0 Å². The molecule has 0 saturated heterocycles. The molecule has 4 heteroatoms. The van der Waals surface area contributed by atoms with Gasteiger partial charge in [-0.15, -0.1) is 0 Å². The molecule has 0 amide bonds. The zero-order chi connectivity index (χ0) is 14.5. The number of nitrogens with one attached hydrogen (secondary N) is 1. The maximum absolute atomic E-state index is 6.01. The number of nitrogens with zero attached hydrogens (tertiary/aromatic N) is 2. The van der Waals surface area contributed by atoms with Crippen molar-refractivity contribution >= 4 is 0 Å². The molecule has 1 N–H and O–H groups in total. The normalized spacial score (nSPS) is 19.0. The van der Waals surface area contributed by atoms with Gasteiger partial charge in [0.1, 0.15) is 5.82 Å². The molecule has 1 aliphatic rings. The van der Waals surface area contributed by atoms with E-state index in [2.05, 4.69) is 46.5 Å². The Hall–Kier alpha value is -1.78. The highest BCUT2D eigenvalue weighted by molar-refractivity contribution is 5.31. The van der Waals surface area contributed by atoms with Gasteiger partial charge in [0.2, 0.25) is 0 Å². The number of aromatic nitrogens is 2. The van der Waals surface area contributed by atoms with Crippen molar-refractivity contribution in [3.05, 3.63) is 59.7 Å². The standard InChI is InChI=1S/C17H21N3O/c1-2-18-15(17-19-9-5-10-20-17)12-16-14-7-4-3-6-13(14)8-11-21-16/h3-7,9-10,15-16,18H,2,8,11-12H2,1H3. The highest BCUT2D eigenvalue weighted by Crippen LogP contribution is 2.33. The Kier molecular flexibility index (Phi) is 4.58. The summed E-state index contributed by atoms with van der Waals surface area (Å²) in [5.74, 6) is 0.839. The van der Waals surface area contributed by atoms with Crippen molar-refractivity contribution in [1.29, 1.82) is 0 Å². The average molecular weight is 283 g/mol. The third-order valence-electron chi connectivity index (χ3n) is 3.89. The molecule has 1 aliphatic heterocycles. The Morgan fingerprint density at radius 2 is 2.05 bits per heavy atom. The summed E-state index contributed by atoms with van der Waals surface area (Å²) >= 11 is 0. The molecule has 21 heavy (non-hydrogen) atoms. The quantitative estimate of drug-likeness (QED) is 0.916. The maximum Gasteiger partial charge on any atom is 0.145 e. The van der Waals surface area contributed by atoms with Gasteiger partial charge in [-0.05, 0) is 30.2 Å². The van der Waals surface area contributed by atoms with Gasteiger partial charge in [-0.1, -0.05) is 31.2 Å². The molecule has 110 valence electrons. The number of hydrogen-bond acceptors (Lipinski definition) is 4. The summed E-state index contributed by atoms with van der Waals surface area (Å²) in [6, 6.07) is 10.5. The predicted molar refractivity (Wildman–Crippen MR) is 81.9 cm³/mol. The topological polar surface area (TPSA) is 47.0 Å². The fourth-order valence-electron chi connectivity index (χ4n) is 2.90. The number of benzene rings is 1. The molecule has 0 saturated carbocycles. The van der Waals surface area contributed by atoms with Crippen molar-refractivity contribution < 1.29 is 4.74 Å². The molecule has 2 heterocycles. The van der Waals surface area contributed by atoms with Gasteiger partial charge in [-0.2, -0.15) is 0 Å². The zero-order valence-corrected chi connectivity index (χ0v) is 12.3. The third-order valence-corrected chi connectivity index (χ3v) is 3.89. The molecule has 0 bridgehead atoms. The second kappa shape index (κ2) is 6.78. The Labute approximate surface area is 125 Å². The molecular formula is C17H21N3O. The van der Waals surface area contributed by atoms with Gasteiger partial charge >= 0.3 is 0 Å². The van der Waals surface area contributed by atoms with Crippen LogP contribution < -0.4 is 5.32 Å². The summed E-state index contributed by atoms with van der Waals surface area (Å²) < 4.78 is 6.01. The monoisotopic (exact) mass is 283 g/mol. The predicted octanol–water partition coefficient (Wildman–Crippen LogP) is 2.83. The van der Waals surface area contributed by atoms with Gasteiger partial charge in [0, 0.05) is 18.8 Å². The molecule has 1 aromatic carbocycles. The van der Waals surface area contributed by atoms with Crippen molar-refractivity contribution in [3.8, 4) is 0 Å². The van der Waals surface area contributed by atoms with Crippen LogP contribution in [0.5, 0.6) is 0 Å². The highest BCUT2D eigenvalue weighted by Gasteiger charge is 2.25. The maximum atomic E-state index is 6.01. The van der Waals surface area contributed by atoms with E-state index in [0.29, 0.717) is 0 Å². The average Bonchev–Trinajstić information content (AvgIpc) is 2.55. The van der Waals surface area contributed by atoms with Gasteiger partial charge in [-0.3, -0.25) is 0 Å². The zero-order valence-electron chi connectivity index (χ0n) is 12.3. The molecule has 1 aromatic heterocycles. The van der Waals surface area contributed by atoms with Crippen LogP contribution in [-0.4, -0.2) is 23.1 Å². The van der Waals surface area contributed by atoms with Crippen LogP contribution in [-0.2, 0) is 11.2 Å². The summed E-state index contributed by atoms with van der Waals surface area (Å²) in [7, 11) is 0. The lowest BCUT2D eigenvalue weighted by molar-refractivity contribution is 0.0288. The van der Waals surface area contributed by atoms with Crippen molar-refractivity contribution in [3.63, 3.8) is 0 Å². The molecule has 2 aromatic rings. The number of hydrogen-bond donors (Lipinski definition) is 1. The minimum absolute atomic E-state index is 0.114. The van der Waals surface area contributed by atoms with Gasteiger partial charge in [0.05, 0.1) is 18.8 Å². The molecule has 4 nitrogen and oxygen atoms in total. The van der Waals surface area contributed by atoms with Crippen LogP contribution in [0.2, 0.25) is 0 Å². The SMILES string of the molecule is CCNC(CC1OCCc2ccccc21)c1ncccn1. The van der Waals surface area contributed by atoms with E-state index in [1.165, 1.54) is 11.1 Å². The van der Waals surface area contributed by atoms with E-state index in [-0.39, 0.29) is 12.1 Å². The Balaban J connectivity index is 1.81. The number of rotatable bonds is 5. The minimum Gasteiger partial charge on any atom is -0.373 e. The molecule has 0 spiro atoms. The van der Waals surface area contributed by atoms with Gasteiger partial charge in [0.25, 0.3) is 0 Å². The molecular weight excluding hydrogens is 262 g/mol. The third kappa shape index (κ3) is 3.28. The van der Waals surface area contributed by atoms with E-state index in [1.807, 2.05) is 6.07 Å². The first-order valence-corrected chi connectivity index (χ1v) is 7.58. The molecule has 2 unspecified atom stereocenters. The second-order valence-corrected chi connectivity index (χ2v) is 5.26. The summed E-state index contributed by atoms with van der Waals surface area (Å²) in [4.78, 5) is 8.78. The molecule has 0 fully saturated rings. The lowest BCUT2D eigenvalue weighted by atomic mass is 9.93. The summed E-state index contributed by atoms with van der Waals surface area (Å²) in [6.45, 7) is 3.78. The first kappa shape index (κ1) is 14.2. The molecule has 0 aliphatic carbocycles. The molecule has 3 rings (SSSR count). The van der Waals surface area contributed by atoms with E-state index < -0.39 is 0 Å². The first-order chi connectivity index (χ1) is 10.4. The van der Waals surface area contributed by atoms with Crippen molar-refractivity contribution in [2.75, 3.05) is 13.2 Å². The second-order valence-electron chi connectivity index (χ2n) is 5.26. The van der Waals surface area contributed by atoms with Crippen LogP contribution in [0.1, 0.15) is 42.4 Å². The van der Waals surface area contributed by atoms with Crippen LogP contribution in [0.15, 0.2) is 42.7 Å². The van der Waals surface area contributed by atoms with Crippen molar-refractivity contribution in [1.82, 2.24) is 15.3 Å². The smallest absolute Gasteiger partial charge is 0.145 e. The van der Waals surface area contributed by atoms with Crippen LogP contribution in [0, 0.1) is 0 Å². The Morgan fingerprint density at radius 1 is 1.24 bits per heavy atom. The molecule has 2 atom stereocenters. The van der Waals surface area contributed by atoms with Crippen LogP contribution in [0.4, 0.5) is 0 Å². The fraction of sp³-hybridized carbons (Fsp3) is 0.412. The lowest BCUT2D eigenvalue weighted by Crippen LogP contribution is -2.27. The van der Waals surface area contributed by atoms with Gasteiger partial charge in [-0.25, -0.2) is 9.97 Å². The van der Waals surface area contributed by atoms with Crippen molar-refractivity contribution in [2.24, 2.45) is 0 Å². The lowest BCUT2D eigenvalue weighted by Gasteiger charge is -2.29. The summed E-state index contributed by atoms with van der Waals surface area (Å²) in [5.41, 5.74) is 2.71. The van der Waals surface area contributed by atoms with E-state index in [1.54, 1.807) is 12.4 Å². The molecule has 0 radical (unpaired) electrons. The van der Waals surface area contributed by atoms with Crippen molar-refractivity contribution in [2.45, 2.75) is 31.9 Å². The van der Waals surface area contributed by atoms with Gasteiger partial charge < -0.3 is 10.1 Å². The van der Waals surface area contributed by atoms with Crippen LogP contribution >= 0.6 is 0 Å². The van der Waals surface area contributed by atoms with E-state index >= 15 is 0 Å².